The third-order valence-electron chi connectivity index (χ3n) is 4.55. The minimum Gasteiger partial charge on any atom is -0.359 e. The van der Waals surface area contributed by atoms with Crippen molar-refractivity contribution in [2.24, 2.45) is 11.8 Å². The molecule has 3 nitrogen and oxygen atoms in total. The van der Waals surface area contributed by atoms with Crippen molar-refractivity contribution in [1.29, 1.82) is 0 Å². The van der Waals surface area contributed by atoms with E-state index in [-0.39, 0.29) is 24.8 Å². The zero-order valence-corrected chi connectivity index (χ0v) is 14.6. The van der Waals surface area contributed by atoms with Crippen LogP contribution >= 0.6 is 36.2 Å². The van der Waals surface area contributed by atoms with Gasteiger partial charge in [-0.1, -0.05) is 41.7 Å². The molecule has 2 fully saturated rings. The average molecular weight is 358 g/mol. The lowest BCUT2D eigenvalue weighted by atomic mass is 10.0. The van der Waals surface area contributed by atoms with Crippen LogP contribution in [0.2, 0.25) is 0 Å². The molecule has 120 valence electrons. The first kappa shape index (κ1) is 17.5. The summed E-state index contributed by atoms with van der Waals surface area (Å²) < 4.78 is 0. The minimum absolute atomic E-state index is 0. The Bertz CT molecular complexity index is 578. The molecule has 2 heterocycles. The van der Waals surface area contributed by atoms with E-state index in [1.807, 2.05) is 6.20 Å². The Morgan fingerprint density at radius 1 is 1.05 bits per heavy atom. The van der Waals surface area contributed by atoms with Crippen molar-refractivity contribution in [2.45, 2.75) is 18.9 Å². The van der Waals surface area contributed by atoms with Gasteiger partial charge < -0.3 is 10.6 Å². The predicted octanol–water partition coefficient (Wildman–Crippen LogP) is 4.06. The van der Waals surface area contributed by atoms with Gasteiger partial charge in [0.1, 0.15) is 0 Å². The molecule has 2 aliphatic rings. The van der Waals surface area contributed by atoms with Crippen LogP contribution in [-0.4, -0.2) is 24.1 Å². The maximum atomic E-state index is 4.54. The number of fused-ring (bicyclic) bond motifs is 1. The van der Waals surface area contributed by atoms with Gasteiger partial charge in [0.05, 0.1) is 4.88 Å². The van der Waals surface area contributed by atoms with E-state index in [1.165, 1.54) is 36.4 Å². The molecular weight excluding hydrogens is 337 g/mol. The van der Waals surface area contributed by atoms with E-state index in [0.29, 0.717) is 6.04 Å². The van der Waals surface area contributed by atoms with Gasteiger partial charge in [-0.3, -0.25) is 0 Å². The Labute approximate surface area is 147 Å². The van der Waals surface area contributed by atoms with Crippen molar-refractivity contribution >= 4 is 41.3 Å². The smallest absolute Gasteiger partial charge is 0.183 e. The summed E-state index contributed by atoms with van der Waals surface area (Å²) >= 11 is 1.76. The van der Waals surface area contributed by atoms with Crippen molar-refractivity contribution < 1.29 is 0 Å². The molecule has 1 aromatic carbocycles. The number of anilines is 1. The molecule has 1 aromatic heterocycles. The number of aromatic nitrogens is 1. The number of rotatable bonds is 3. The maximum Gasteiger partial charge on any atom is 0.183 e. The van der Waals surface area contributed by atoms with E-state index < -0.39 is 0 Å². The average Bonchev–Trinajstić information content (AvgIpc) is 3.16. The van der Waals surface area contributed by atoms with E-state index in [1.54, 1.807) is 11.3 Å². The fourth-order valence-electron chi connectivity index (χ4n) is 3.54. The summed E-state index contributed by atoms with van der Waals surface area (Å²) in [4.78, 5) is 5.79. The SMILES string of the molecule is Cl.Cl.c1ccc(-c2cnc(N[C@@H]3C[C@H]4CNC[C@H]4C3)s2)cc1. The van der Waals surface area contributed by atoms with Gasteiger partial charge >= 0.3 is 0 Å². The number of hydrogen-bond acceptors (Lipinski definition) is 4. The van der Waals surface area contributed by atoms with E-state index in [9.17, 15) is 0 Å². The van der Waals surface area contributed by atoms with Crippen molar-refractivity contribution in [2.75, 3.05) is 18.4 Å². The highest BCUT2D eigenvalue weighted by atomic mass is 35.5. The molecule has 0 spiro atoms. The monoisotopic (exact) mass is 357 g/mol. The van der Waals surface area contributed by atoms with E-state index in [0.717, 1.165) is 17.0 Å². The zero-order valence-electron chi connectivity index (χ0n) is 12.2. The Balaban J connectivity index is 0.000000882. The number of nitrogens with zero attached hydrogens (tertiary/aromatic N) is 1. The fourth-order valence-corrected chi connectivity index (χ4v) is 4.43. The molecule has 1 saturated carbocycles. The first-order valence-electron chi connectivity index (χ1n) is 7.37. The molecule has 4 rings (SSSR count). The highest BCUT2D eigenvalue weighted by Gasteiger charge is 2.37. The van der Waals surface area contributed by atoms with Crippen LogP contribution in [-0.2, 0) is 0 Å². The van der Waals surface area contributed by atoms with Crippen LogP contribution in [0.4, 0.5) is 5.13 Å². The summed E-state index contributed by atoms with van der Waals surface area (Å²) in [6, 6.07) is 11.1. The Morgan fingerprint density at radius 2 is 1.73 bits per heavy atom. The van der Waals surface area contributed by atoms with Crippen molar-refractivity contribution in [3.8, 4) is 10.4 Å². The molecule has 0 unspecified atom stereocenters. The highest BCUT2D eigenvalue weighted by Crippen LogP contribution is 2.37. The number of halogens is 2. The fraction of sp³-hybridized carbons (Fsp3) is 0.438. The third kappa shape index (κ3) is 3.57. The quantitative estimate of drug-likeness (QED) is 0.869. The number of nitrogens with one attached hydrogen (secondary N) is 2. The zero-order chi connectivity index (χ0) is 13.4. The molecule has 2 N–H and O–H groups in total. The summed E-state index contributed by atoms with van der Waals surface area (Å²) in [5.41, 5.74) is 1.26. The van der Waals surface area contributed by atoms with Crippen molar-refractivity contribution in [3.05, 3.63) is 36.5 Å². The Hall–Kier alpha value is -0.810. The summed E-state index contributed by atoms with van der Waals surface area (Å²) in [5.74, 6) is 1.75. The highest BCUT2D eigenvalue weighted by molar-refractivity contribution is 7.18. The summed E-state index contributed by atoms with van der Waals surface area (Å²) in [5, 5.41) is 8.20. The molecule has 1 aliphatic heterocycles. The third-order valence-corrected chi connectivity index (χ3v) is 5.52. The van der Waals surface area contributed by atoms with E-state index in [2.05, 4.69) is 45.9 Å². The topological polar surface area (TPSA) is 37.0 Å². The normalized spacial score (nSPS) is 25.9. The summed E-state index contributed by atoms with van der Waals surface area (Å²) in [6.45, 7) is 2.41. The standard InChI is InChI=1S/C16H19N3S.2ClH/c1-2-4-11(5-3-1)15-10-18-16(20-15)19-14-6-12-8-17-9-13(12)7-14;;/h1-5,10,12-14,17H,6-9H2,(H,18,19);2*1H/t12-,13+,14+;;. The second-order valence-electron chi connectivity index (χ2n) is 5.89. The lowest BCUT2D eigenvalue weighted by Gasteiger charge is -2.12. The van der Waals surface area contributed by atoms with Crippen LogP contribution in [0.1, 0.15) is 12.8 Å². The minimum atomic E-state index is 0. The molecule has 0 amide bonds. The molecule has 6 heteroatoms. The van der Waals surface area contributed by atoms with Gasteiger partial charge in [0.15, 0.2) is 5.13 Å². The lowest BCUT2D eigenvalue weighted by molar-refractivity contribution is 0.494. The van der Waals surface area contributed by atoms with Gasteiger partial charge in [0.2, 0.25) is 0 Å². The van der Waals surface area contributed by atoms with Crippen LogP contribution in [0.5, 0.6) is 0 Å². The van der Waals surface area contributed by atoms with Gasteiger partial charge in [-0.05, 0) is 43.3 Å². The van der Waals surface area contributed by atoms with Gasteiger partial charge in [-0.15, -0.1) is 24.8 Å². The van der Waals surface area contributed by atoms with Crippen molar-refractivity contribution in [3.63, 3.8) is 0 Å². The van der Waals surface area contributed by atoms with Gasteiger partial charge in [-0.2, -0.15) is 0 Å². The van der Waals surface area contributed by atoms with Gasteiger partial charge in [0.25, 0.3) is 0 Å². The number of benzene rings is 1. The largest absolute Gasteiger partial charge is 0.359 e. The second-order valence-corrected chi connectivity index (χ2v) is 6.92. The molecule has 0 bridgehead atoms. The molecule has 2 aromatic rings. The van der Waals surface area contributed by atoms with Crippen LogP contribution in [0.15, 0.2) is 36.5 Å². The molecule has 0 radical (unpaired) electrons. The molecular formula is C16H21Cl2N3S. The second kappa shape index (κ2) is 7.64. The summed E-state index contributed by atoms with van der Waals surface area (Å²) in [7, 11) is 0. The van der Waals surface area contributed by atoms with Crippen LogP contribution in [0, 0.1) is 11.8 Å². The maximum absolute atomic E-state index is 4.54. The molecule has 22 heavy (non-hydrogen) atoms. The first-order valence-corrected chi connectivity index (χ1v) is 8.18. The van der Waals surface area contributed by atoms with E-state index in [4.69, 9.17) is 0 Å². The molecule has 1 aliphatic carbocycles. The number of thiazole rings is 1. The van der Waals surface area contributed by atoms with Crippen LogP contribution in [0.3, 0.4) is 0 Å². The van der Waals surface area contributed by atoms with Crippen molar-refractivity contribution in [1.82, 2.24) is 10.3 Å². The summed E-state index contributed by atoms with van der Waals surface area (Å²) in [6.07, 6.45) is 4.56. The Kier molecular flexibility index (Phi) is 6.09. The lowest BCUT2D eigenvalue weighted by Crippen LogP contribution is -2.20. The van der Waals surface area contributed by atoms with Gasteiger partial charge in [-0.25, -0.2) is 4.98 Å². The van der Waals surface area contributed by atoms with Crippen LogP contribution in [0.25, 0.3) is 10.4 Å². The number of hydrogen-bond donors (Lipinski definition) is 2. The predicted molar refractivity (Wildman–Crippen MR) is 98.5 cm³/mol. The molecule has 1 saturated heterocycles. The molecule has 3 atom stereocenters. The Morgan fingerprint density at radius 3 is 2.41 bits per heavy atom. The van der Waals surface area contributed by atoms with Gasteiger partial charge in [0, 0.05) is 12.2 Å². The van der Waals surface area contributed by atoms with Crippen LogP contribution < -0.4 is 10.6 Å². The first-order chi connectivity index (χ1) is 9.88. The van der Waals surface area contributed by atoms with E-state index >= 15 is 0 Å².